The van der Waals surface area contributed by atoms with Crippen LogP contribution in [0.25, 0.3) is 0 Å². The number of amides is 1. The summed E-state index contributed by atoms with van der Waals surface area (Å²) in [4.78, 5) is 13.2. The quantitative estimate of drug-likeness (QED) is 0.540. The average Bonchev–Trinajstić information content (AvgIpc) is 2.84. The SMILES string of the molecule is C=CC(=O)N1CCCC2(CC2)C1. The van der Waals surface area contributed by atoms with E-state index in [1.807, 2.05) is 4.90 Å². The van der Waals surface area contributed by atoms with Gasteiger partial charge in [-0.2, -0.15) is 0 Å². The molecule has 0 N–H and O–H groups in total. The molecule has 2 aliphatic rings. The van der Waals surface area contributed by atoms with Crippen molar-refractivity contribution in [3.8, 4) is 0 Å². The Balaban J connectivity index is 1.99. The van der Waals surface area contributed by atoms with E-state index in [4.69, 9.17) is 0 Å². The molecule has 1 saturated heterocycles. The smallest absolute Gasteiger partial charge is 0.245 e. The van der Waals surface area contributed by atoms with Gasteiger partial charge in [-0.15, -0.1) is 0 Å². The lowest BCUT2D eigenvalue weighted by Crippen LogP contribution is -2.39. The van der Waals surface area contributed by atoms with E-state index in [1.165, 1.54) is 31.8 Å². The number of rotatable bonds is 1. The molecular formula is C10H15NO. The van der Waals surface area contributed by atoms with Gasteiger partial charge in [0.25, 0.3) is 0 Å². The molecule has 12 heavy (non-hydrogen) atoms. The molecule has 0 aromatic heterocycles. The summed E-state index contributed by atoms with van der Waals surface area (Å²) in [5.74, 6) is 0.112. The topological polar surface area (TPSA) is 20.3 Å². The predicted octanol–water partition coefficient (Wildman–Crippen LogP) is 1.57. The lowest BCUT2D eigenvalue weighted by atomic mass is 9.95. The summed E-state index contributed by atoms with van der Waals surface area (Å²) in [6.07, 6.45) is 6.59. The molecule has 1 spiro atoms. The van der Waals surface area contributed by atoms with Crippen molar-refractivity contribution in [2.45, 2.75) is 25.7 Å². The van der Waals surface area contributed by atoms with Gasteiger partial charge in [0.15, 0.2) is 0 Å². The molecule has 66 valence electrons. The number of hydrogen-bond acceptors (Lipinski definition) is 1. The van der Waals surface area contributed by atoms with E-state index in [0.29, 0.717) is 5.41 Å². The molecule has 0 radical (unpaired) electrons. The van der Waals surface area contributed by atoms with Gasteiger partial charge in [-0.3, -0.25) is 4.79 Å². The molecule has 2 fully saturated rings. The molecule has 0 aromatic carbocycles. The van der Waals surface area contributed by atoms with Crippen molar-refractivity contribution >= 4 is 5.91 Å². The van der Waals surface area contributed by atoms with Crippen molar-refractivity contribution in [2.24, 2.45) is 5.41 Å². The van der Waals surface area contributed by atoms with Gasteiger partial charge in [0.2, 0.25) is 5.91 Å². The third-order valence-electron chi connectivity index (χ3n) is 3.10. The number of carbonyl (C=O) groups excluding carboxylic acids is 1. The Bertz CT molecular complexity index is 218. The third kappa shape index (κ3) is 1.26. The van der Waals surface area contributed by atoms with Crippen molar-refractivity contribution in [3.63, 3.8) is 0 Å². The molecule has 2 nitrogen and oxygen atoms in total. The number of carbonyl (C=O) groups is 1. The van der Waals surface area contributed by atoms with Gasteiger partial charge in [0, 0.05) is 13.1 Å². The minimum Gasteiger partial charge on any atom is -0.339 e. The van der Waals surface area contributed by atoms with Crippen LogP contribution in [-0.2, 0) is 4.79 Å². The molecule has 0 unspecified atom stereocenters. The molecule has 2 rings (SSSR count). The lowest BCUT2D eigenvalue weighted by Gasteiger charge is -2.32. The van der Waals surface area contributed by atoms with Gasteiger partial charge in [0.05, 0.1) is 0 Å². The van der Waals surface area contributed by atoms with Crippen LogP contribution in [0.5, 0.6) is 0 Å². The van der Waals surface area contributed by atoms with Crippen LogP contribution in [0.2, 0.25) is 0 Å². The van der Waals surface area contributed by atoms with Crippen LogP contribution in [-0.4, -0.2) is 23.9 Å². The minimum absolute atomic E-state index is 0.112. The van der Waals surface area contributed by atoms with Gasteiger partial charge in [-0.25, -0.2) is 0 Å². The Morgan fingerprint density at radius 2 is 2.17 bits per heavy atom. The molecule has 1 aliphatic carbocycles. The Morgan fingerprint density at radius 1 is 1.42 bits per heavy atom. The van der Waals surface area contributed by atoms with E-state index in [9.17, 15) is 4.79 Å². The summed E-state index contributed by atoms with van der Waals surface area (Å²) in [5.41, 5.74) is 0.539. The first kappa shape index (κ1) is 7.84. The van der Waals surface area contributed by atoms with E-state index in [1.54, 1.807) is 0 Å². The second-order valence-electron chi connectivity index (χ2n) is 4.07. The third-order valence-corrected chi connectivity index (χ3v) is 3.10. The van der Waals surface area contributed by atoms with Crippen LogP contribution in [0.1, 0.15) is 25.7 Å². The van der Waals surface area contributed by atoms with Gasteiger partial charge in [-0.05, 0) is 37.2 Å². The average molecular weight is 165 g/mol. The fraction of sp³-hybridized carbons (Fsp3) is 0.700. The summed E-state index contributed by atoms with van der Waals surface area (Å²) in [5, 5.41) is 0. The van der Waals surface area contributed by atoms with E-state index in [-0.39, 0.29) is 5.91 Å². The number of nitrogens with zero attached hydrogens (tertiary/aromatic N) is 1. The molecule has 1 saturated carbocycles. The van der Waals surface area contributed by atoms with E-state index < -0.39 is 0 Å². The Labute approximate surface area is 73.2 Å². The highest BCUT2D eigenvalue weighted by Gasteiger charge is 2.45. The van der Waals surface area contributed by atoms with Crippen LogP contribution in [0.15, 0.2) is 12.7 Å². The summed E-state index contributed by atoms with van der Waals surface area (Å²) < 4.78 is 0. The molecule has 1 amide bonds. The fourth-order valence-corrected chi connectivity index (χ4v) is 2.11. The minimum atomic E-state index is 0.112. The zero-order valence-electron chi connectivity index (χ0n) is 7.38. The monoisotopic (exact) mass is 165 g/mol. The Morgan fingerprint density at radius 3 is 2.75 bits per heavy atom. The highest BCUT2D eigenvalue weighted by Crippen LogP contribution is 2.51. The van der Waals surface area contributed by atoms with Crippen molar-refractivity contribution in [3.05, 3.63) is 12.7 Å². The summed E-state index contributed by atoms with van der Waals surface area (Å²) in [7, 11) is 0. The Hall–Kier alpha value is -0.790. The predicted molar refractivity (Wildman–Crippen MR) is 47.7 cm³/mol. The maximum Gasteiger partial charge on any atom is 0.245 e. The highest BCUT2D eigenvalue weighted by molar-refractivity contribution is 5.87. The fourth-order valence-electron chi connectivity index (χ4n) is 2.11. The first-order valence-electron chi connectivity index (χ1n) is 4.67. The maximum absolute atomic E-state index is 11.3. The maximum atomic E-state index is 11.3. The molecule has 0 aromatic rings. The first-order valence-corrected chi connectivity index (χ1v) is 4.67. The Kier molecular flexibility index (Phi) is 1.71. The zero-order valence-corrected chi connectivity index (χ0v) is 7.38. The van der Waals surface area contributed by atoms with Crippen molar-refractivity contribution < 1.29 is 4.79 Å². The largest absolute Gasteiger partial charge is 0.339 e. The van der Waals surface area contributed by atoms with Crippen LogP contribution in [0, 0.1) is 5.41 Å². The molecule has 0 atom stereocenters. The van der Waals surface area contributed by atoms with Crippen molar-refractivity contribution in [1.29, 1.82) is 0 Å². The summed E-state index contributed by atoms with van der Waals surface area (Å²) in [6, 6.07) is 0. The highest BCUT2D eigenvalue weighted by atomic mass is 16.2. The van der Waals surface area contributed by atoms with Crippen LogP contribution >= 0.6 is 0 Å². The van der Waals surface area contributed by atoms with Crippen LogP contribution < -0.4 is 0 Å². The zero-order chi connectivity index (χ0) is 8.60. The normalized spacial score (nSPS) is 25.5. The van der Waals surface area contributed by atoms with Gasteiger partial charge in [-0.1, -0.05) is 6.58 Å². The van der Waals surface area contributed by atoms with Crippen LogP contribution in [0.4, 0.5) is 0 Å². The van der Waals surface area contributed by atoms with E-state index >= 15 is 0 Å². The van der Waals surface area contributed by atoms with Crippen molar-refractivity contribution in [2.75, 3.05) is 13.1 Å². The summed E-state index contributed by atoms with van der Waals surface area (Å²) in [6.45, 7) is 5.43. The van der Waals surface area contributed by atoms with E-state index in [0.717, 1.165) is 13.1 Å². The van der Waals surface area contributed by atoms with Gasteiger partial charge in [0.1, 0.15) is 0 Å². The molecule has 1 aliphatic heterocycles. The van der Waals surface area contributed by atoms with Gasteiger partial charge >= 0.3 is 0 Å². The van der Waals surface area contributed by atoms with Gasteiger partial charge < -0.3 is 4.90 Å². The standard InChI is InChI=1S/C10H15NO/c1-2-9(12)11-7-3-4-10(8-11)5-6-10/h2H,1,3-8H2. The summed E-state index contributed by atoms with van der Waals surface area (Å²) >= 11 is 0. The molecule has 0 bridgehead atoms. The lowest BCUT2D eigenvalue weighted by molar-refractivity contribution is -0.128. The van der Waals surface area contributed by atoms with E-state index in [2.05, 4.69) is 6.58 Å². The number of piperidine rings is 1. The molecular weight excluding hydrogens is 150 g/mol. The van der Waals surface area contributed by atoms with Crippen molar-refractivity contribution in [1.82, 2.24) is 4.90 Å². The first-order chi connectivity index (χ1) is 5.76. The second-order valence-corrected chi connectivity index (χ2v) is 4.07. The molecule has 2 heteroatoms. The number of likely N-dealkylation sites (tertiary alicyclic amines) is 1. The van der Waals surface area contributed by atoms with Crippen LogP contribution in [0.3, 0.4) is 0 Å². The number of hydrogen-bond donors (Lipinski definition) is 0. The molecule has 1 heterocycles. The second kappa shape index (κ2) is 2.61.